The maximum Gasteiger partial charge on any atom is 0.187 e. The first-order valence-corrected chi connectivity index (χ1v) is 6.67. The standard InChI is InChI=1S/C15H17N3O/c1-2-18-10-12(9-17-18)15(19)14-13-6-4-3-5-11(13)7-8-16-14/h3-6,9-10,14,16H,2,7-8H2,1H3. The third-order valence-corrected chi connectivity index (χ3v) is 3.61. The van der Waals surface area contributed by atoms with Gasteiger partial charge in [-0.15, -0.1) is 0 Å². The van der Waals surface area contributed by atoms with Crippen LogP contribution in [0.25, 0.3) is 0 Å². The third-order valence-electron chi connectivity index (χ3n) is 3.61. The topological polar surface area (TPSA) is 46.9 Å². The number of ketones is 1. The zero-order valence-corrected chi connectivity index (χ0v) is 11.0. The Labute approximate surface area is 112 Å². The number of carbonyl (C=O) groups is 1. The molecule has 0 fully saturated rings. The summed E-state index contributed by atoms with van der Waals surface area (Å²) in [5.41, 5.74) is 3.04. The van der Waals surface area contributed by atoms with E-state index in [9.17, 15) is 4.79 Å². The van der Waals surface area contributed by atoms with E-state index in [-0.39, 0.29) is 11.8 Å². The molecular formula is C15H17N3O. The molecule has 2 aromatic rings. The highest BCUT2D eigenvalue weighted by Crippen LogP contribution is 2.25. The van der Waals surface area contributed by atoms with Gasteiger partial charge in [-0.25, -0.2) is 0 Å². The number of rotatable bonds is 3. The zero-order valence-electron chi connectivity index (χ0n) is 11.0. The molecule has 0 radical (unpaired) electrons. The summed E-state index contributed by atoms with van der Waals surface area (Å²) in [7, 11) is 0. The molecule has 0 aliphatic carbocycles. The summed E-state index contributed by atoms with van der Waals surface area (Å²) in [5, 5.41) is 7.49. The van der Waals surface area contributed by atoms with Gasteiger partial charge in [-0.2, -0.15) is 5.10 Å². The molecule has 2 heterocycles. The third kappa shape index (κ3) is 2.19. The van der Waals surface area contributed by atoms with Gasteiger partial charge in [0.05, 0.1) is 17.8 Å². The van der Waals surface area contributed by atoms with Gasteiger partial charge in [0.2, 0.25) is 0 Å². The van der Waals surface area contributed by atoms with Gasteiger partial charge in [-0.1, -0.05) is 24.3 Å². The SMILES string of the molecule is CCn1cc(C(=O)C2NCCc3ccccc32)cn1. The van der Waals surface area contributed by atoms with Crippen LogP contribution < -0.4 is 5.32 Å². The molecule has 0 bridgehead atoms. The molecule has 4 heteroatoms. The first-order valence-electron chi connectivity index (χ1n) is 6.67. The molecule has 3 rings (SSSR count). The average molecular weight is 255 g/mol. The molecule has 1 N–H and O–H groups in total. The van der Waals surface area contributed by atoms with E-state index in [1.54, 1.807) is 10.9 Å². The average Bonchev–Trinajstić information content (AvgIpc) is 2.95. The number of aryl methyl sites for hydroxylation is 1. The number of aromatic nitrogens is 2. The first-order chi connectivity index (χ1) is 9.29. The highest BCUT2D eigenvalue weighted by Gasteiger charge is 2.27. The number of hydrogen-bond acceptors (Lipinski definition) is 3. The molecule has 4 nitrogen and oxygen atoms in total. The maximum absolute atomic E-state index is 12.6. The molecule has 98 valence electrons. The van der Waals surface area contributed by atoms with Crippen molar-refractivity contribution in [1.29, 1.82) is 0 Å². The summed E-state index contributed by atoms with van der Waals surface area (Å²) in [6.07, 6.45) is 4.46. The number of hydrogen-bond donors (Lipinski definition) is 1. The van der Waals surface area contributed by atoms with Crippen LogP contribution in [0.2, 0.25) is 0 Å². The van der Waals surface area contributed by atoms with E-state index < -0.39 is 0 Å². The van der Waals surface area contributed by atoms with Crippen LogP contribution in [0.4, 0.5) is 0 Å². The lowest BCUT2D eigenvalue weighted by atomic mass is 9.90. The van der Waals surface area contributed by atoms with Crippen molar-refractivity contribution in [3.63, 3.8) is 0 Å². The van der Waals surface area contributed by atoms with Gasteiger partial charge in [0, 0.05) is 19.3 Å². The van der Waals surface area contributed by atoms with Crippen molar-refractivity contribution in [3.8, 4) is 0 Å². The summed E-state index contributed by atoms with van der Waals surface area (Å²) in [5.74, 6) is 0.104. The Morgan fingerprint density at radius 3 is 3.11 bits per heavy atom. The van der Waals surface area contributed by atoms with Gasteiger partial charge in [-0.3, -0.25) is 9.48 Å². The number of carbonyl (C=O) groups excluding carboxylic acids is 1. The van der Waals surface area contributed by atoms with Crippen LogP contribution in [-0.2, 0) is 13.0 Å². The van der Waals surface area contributed by atoms with Gasteiger partial charge in [0.25, 0.3) is 0 Å². The molecule has 0 amide bonds. The quantitative estimate of drug-likeness (QED) is 0.853. The van der Waals surface area contributed by atoms with Crippen LogP contribution in [0.5, 0.6) is 0 Å². The van der Waals surface area contributed by atoms with Crippen molar-refractivity contribution >= 4 is 5.78 Å². The largest absolute Gasteiger partial charge is 0.303 e. The van der Waals surface area contributed by atoms with Crippen molar-refractivity contribution < 1.29 is 4.79 Å². The van der Waals surface area contributed by atoms with E-state index in [0.717, 1.165) is 25.1 Å². The van der Waals surface area contributed by atoms with E-state index in [4.69, 9.17) is 0 Å². The highest BCUT2D eigenvalue weighted by atomic mass is 16.1. The Kier molecular flexibility index (Phi) is 3.17. The van der Waals surface area contributed by atoms with Crippen molar-refractivity contribution in [2.45, 2.75) is 25.9 Å². The summed E-state index contributed by atoms with van der Waals surface area (Å²) in [4.78, 5) is 12.6. The second-order valence-electron chi connectivity index (χ2n) is 4.78. The second-order valence-corrected chi connectivity index (χ2v) is 4.78. The van der Waals surface area contributed by atoms with Crippen LogP contribution >= 0.6 is 0 Å². The van der Waals surface area contributed by atoms with Crippen molar-refractivity contribution in [2.75, 3.05) is 6.54 Å². The minimum absolute atomic E-state index is 0.104. The molecule has 1 atom stereocenters. The van der Waals surface area contributed by atoms with E-state index >= 15 is 0 Å². The van der Waals surface area contributed by atoms with Gasteiger partial charge in [0.15, 0.2) is 5.78 Å². The predicted octanol–water partition coefficient (Wildman–Crippen LogP) is 1.97. The smallest absolute Gasteiger partial charge is 0.187 e. The normalized spacial score (nSPS) is 18.1. The van der Waals surface area contributed by atoms with Crippen molar-refractivity contribution in [2.24, 2.45) is 0 Å². The van der Waals surface area contributed by atoms with E-state index in [1.807, 2.05) is 31.3 Å². The Hall–Kier alpha value is -1.94. The number of nitrogens with one attached hydrogen (secondary N) is 1. The molecule has 0 saturated heterocycles. The predicted molar refractivity (Wildman–Crippen MR) is 73.1 cm³/mol. The Morgan fingerprint density at radius 2 is 2.32 bits per heavy atom. The fourth-order valence-corrected chi connectivity index (χ4v) is 2.57. The molecule has 19 heavy (non-hydrogen) atoms. The number of fused-ring (bicyclic) bond motifs is 1. The second kappa shape index (κ2) is 4.97. The zero-order chi connectivity index (χ0) is 13.2. The van der Waals surface area contributed by atoms with Crippen LogP contribution in [0, 0.1) is 0 Å². The number of nitrogens with zero attached hydrogens (tertiary/aromatic N) is 2. The molecule has 1 aromatic carbocycles. The van der Waals surface area contributed by atoms with E-state index in [1.165, 1.54) is 5.56 Å². The summed E-state index contributed by atoms with van der Waals surface area (Å²) in [6.45, 7) is 3.63. The minimum Gasteiger partial charge on any atom is -0.303 e. The highest BCUT2D eigenvalue weighted by molar-refractivity contribution is 6.00. The lowest BCUT2D eigenvalue weighted by Gasteiger charge is -2.25. The van der Waals surface area contributed by atoms with Crippen molar-refractivity contribution in [3.05, 3.63) is 53.3 Å². The summed E-state index contributed by atoms with van der Waals surface area (Å²) >= 11 is 0. The van der Waals surface area contributed by atoms with Gasteiger partial charge in [0.1, 0.15) is 0 Å². The molecule has 1 aliphatic heterocycles. The van der Waals surface area contributed by atoms with Crippen LogP contribution in [0.1, 0.15) is 34.5 Å². The van der Waals surface area contributed by atoms with E-state index in [2.05, 4.69) is 16.5 Å². The lowest BCUT2D eigenvalue weighted by Crippen LogP contribution is -2.35. The minimum atomic E-state index is -0.237. The molecule has 1 unspecified atom stereocenters. The molecule has 1 aromatic heterocycles. The first kappa shape index (κ1) is 12.1. The molecular weight excluding hydrogens is 238 g/mol. The van der Waals surface area contributed by atoms with Crippen molar-refractivity contribution in [1.82, 2.24) is 15.1 Å². The Morgan fingerprint density at radius 1 is 1.47 bits per heavy atom. The number of benzene rings is 1. The Balaban J connectivity index is 1.93. The molecule has 0 saturated carbocycles. The fraction of sp³-hybridized carbons (Fsp3) is 0.333. The Bertz CT molecular complexity index is 603. The van der Waals surface area contributed by atoms with Gasteiger partial charge < -0.3 is 5.32 Å². The maximum atomic E-state index is 12.6. The fourth-order valence-electron chi connectivity index (χ4n) is 2.57. The summed E-state index contributed by atoms with van der Waals surface area (Å²) in [6, 6.07) is 7.92. The molecule has 1 aliphatic rings. The summed E-state index contributed by atoms with van der Waals surface area (Å²) < 4.78 is 1.78. The van der Waals surface area contributed by atoms with Crippen LogP contribution in [0.3, 0.4) is 0 Å². The number of Topliss-reactive ketones (excluding diaryl/α,β-unsaturated/α-hetero) is 1. The monoisotopic (exact) mass is 255 g/mol. The molecule has 0 spiro atoms. The van der Waals surface area contributed by atoms with Crippen LogP contribution in [0.15, 0.2) is 36.7 Å². The van der Waals surface area contributed by atoms with Crippen LogP contribution in [-0.4, -0.2) is 22.1 Å². The van der Waals surface area contributed by atoms with Gasteiger partial charge in [-0.05, 0) is 24.5 Å². The lowest BCUT2D eigenvalue weighted by molar-refractivity contribution is 0.0939. The van der Waals surface area contributed by atoms with E-state index in [0.29, 0.717) is 5.56 Å². The van der Waals surface area contributed by atoms with Gasteiger partial charge >= 0.3 is 0 Å².